The highest BCUT2D eigenvalue weighted by atomic mass is 19.2. The SMILES string of the molecule is CC(C)CC(CN)CC(=O)NC(C)c1ccc(F)c(F)c1. The van der Waals surface area contributed by atoms with Crippen molar-refractivity contribution in [3.8, 4) is 0 Å². The van der Waals surface area contributed by atoms with Crippen LogP contribution >= 0.6 is 0 Å². The van der Waals surface area contributed by atoms with Crippen molar-refractivity contribution in [3.05, 3.63) is 35.4 Å². The quantitative estimate of drug-likeness (QED) is 0.812. The maximum atomic E-state index is 13.2. The van der Waals surface area contributed by atoms with Crippen LogP contribution in [0.5, 0.6) is 0 Å². The van der Waals surface area contributed by atoms with E-state index in [1.54, 1.807) is 6.92 Å². The van der Waals surface area contributed by atoms with Gasteiger partial charge in [-0.25, -0.2) is 8.78 Å². The summed E-state index contributed by atoms with van der Waals surface area (Å²) in [6, 6.07) is 3.27. The van der Waals surface area contributed by atoms with E-state index in [0.717, 1.165) is 18.6 Å². The van der Waals surface area contributed by atoms with Crippen molar-refractivity contribution in [2.75, 3.05) is 6.54 Å². The Morgan fingerprint density at radius 2 is 1.90 bits per heavy atom. The van der Waals surface area contributed by atoms with Crippen LogP contribution in [-0.4, -0.2) is 12.5 Å². The molecule has 118 valence electrons. The number of hydrogen-bond acceptors (Lipinski definition) is 2. The van der Waals surface area contributed by atoms with Crippen LogP contribution in [-0.2, 0) is 4.79 Å². The Hall–Kier alpha value is -1.49. The van der Waals surface area contributed by atoms with Gasteiger partial charge in [0.15, 0.2) is 11.6 Å². The molecule has 1 aromatic rings. The van der Waals surface area contributed by atoms with Crippen LogP contribution < -0.4 is 11.1 Å². The lowest BCUT2D eigenvalue weighted by atomic mass is 9.94. The van der Waals surface area contributed by atoms with Crippen LogP contribution in [0.15, 0.2) is 18.2 Å². The Kier molecular flexibility index (Phi) is 6.75. The van der Waals surface area contributed by atoms with E-state index < -0.39 is 11.6 Å². The van der Waals surface area contributed by atoms with Crippen LogP contribution in [0.3, 0.4) is 0 Å². The van der Waals surface area contributed by atoms with Gasteiger partial charge in [0.2, 0.25) is 5.91 Å². The number of benzene rings is 1. The molecule has 1 amide bonds. The van der Waals surface area contributed by atoms with Crippen molar-refractivity contribution in [1.82, 2.24) is 5.32 Å². The Morgan fingerprint density at radius 1 is 1.24 bits per heavy atom. The van der Waals surface area contributed by atoms with Gasteiger partial charge in [-0.1, -0.05) is 19.9 Å². The topological polar surface area (TPSA) is 55.1 Å². The molecule has 0 spiro atoms. The van der Waals surface area contributed by atoms with Gasteiger partial charge in [-0.3, -0.25) is 4.79 Å². The summed E-state index contributed by atoms with van der Waals surface area (Å²) in [6.07, 6.45) is 1.24. The summed E-state index contributed by atoms with van der Waals surface area (Å²) in [7, 11) is 0. The van der Waals surface area contributed by atoms with E-state index in [2.05, 4.69) is 19.2 Å². The maximum absolute atomic E-state index is 13.2. The van der Waals surface area contributed by atoms with E-state index in [1.165, 1.54) is 6.07 Å². The second kappa shape index (κ2) is 8.08. The summed E-state index contributed by atoms with van der Waals surface area (Å²) in [5, 5.41) is 2.80. The molecule has 0 radical (unpaired) electrons. The van der Waals surface area contributed by atoms with Gasteiger partial charge in [-0.2, -0.15) is 0 Å². The number of nitrogens with two attached hydrogens (primary N) is 1. The standard InChI is InChI=1S/C16H24F2N2O/c1-10(2)6-12(9-19)7-16(21)20-11(3)13-4-5-14(17)15(18)8-13/h4-5,8,10-12H,6-7,9,19H2,1-3H3,(H,20,21). The molecule has 0 aliphatic heterocycles. The lowest BCUT2D eigenvalue weighted by Gasteiger charge is -2.19. The summed E-state index contributed by atoms with van der Waals surface area (Å²) in [5.74, 6) is -1.30. The van der Waals surface area contributed by atoms with E-state index >= 15 is 0 Å². The van der Waals surface area contributed by atoms with Crippen molar-refractivity contribution in [2.24, 2.45) is 17.6 Å². The third kappa shape index (κ3) is 5.79. The first-order valence-electron chi connectivity index (χ1n) is 7.27. The maximum Gasteiger partial charge on any atom is 0.220 e. The zero-order valence-corrected chi connectivity index (χ0v) is 12.8. The molecule has 0 bridgehead atoms. The molecule has 21 heavy (non-hydrogen) atoms. The fourth-order valence-electron chi connectivity index (χ4n) is 2.36. The van der Waals surface area contributed by atoms with Gasteiger partial charge in [0, 0.05) is 6.42 Å². The highest BCUT2D eigenvalue weighted by Crippen LogP contribution is 2.18. The van der Waals surface area contributed by atoms with Crippen LogP contribution in [0.1, 0.15) is 45.2 Å². The van der Waals surface area contributed by atoms with Crippen molar-refractivity contribution in [2.45, 2.75) is 39.7 Å². The molecule has 0 fully saturated rings. The summed E-state index contributed by atoms with van der Waals surface area (Å²) in [4.78, 5) is 12.0. The molecule has 0 saturated carbocycles. The van der Waals surface area contributed by atoms with Crippen LogP contribution in [0, 0.1) is 23.5 Å². The number of carbonyl (C=O) groups excluding carboxylic acids is 1. The molecule has 0 aliphatic rings. The van der Waals surface area contributed by atoms with E-state index in [4.69, 9.17) is 5.73 Å². The minimum atomic E-state index is -0.909. The fourth-order valence-corrected chi connectivity index (χ4v) is 2.36. The first-order valence-corrected chi connectivity index (χ1v) is 7.27. The monoisotopic (exact) mass is 298 g/mol. The summed E-state index contributed by atoms with van der Waals surface area (Å²) >= 11 is 0. The van der Waals surface area contributed by atoms with E-state index in [1.807, 2.05) is 0 Å². The van der Waals surface area contributed by atoms with Gasteiger partial charge < -0.3 is 11.1 Å². The Bertz CT molecular complexity index is 477. The normalized spacial score (nSPS) is 14.0. The van der Waals surface area contributed by atoms with E-state index in [9.17, 15) is 13.6 Å². The smallest absolute Gasteiger partial charge is 0.220 e. The molecule has 0 aliphatic carbocycles. The molecule has 5 heteroatoms. The number of rotatable bonds is 7. The lowest BCUT2D eigenvalue weighted by Crippen LogP contribution is -2.30. The van der Waals surface area contributed by atoms with Gasteiger partial charge in [-0.05, 0) is 49.4 Å². The molecular formula is C16H24F2N2O. The van der Waals surface area contributed by atoms with Gasteiger partial charge in [0.05, 0.1) is 6.04 Å². The largest absolute Gasteiger partial charge is 0.350 e. The van der Waals surface area contributed by atoms with Crippen LogP contribution in [0.25, 0.3) is 0 Å². The minimum absolute atomic E-state index is 0.122. The van der Waals surface area contributed by atoms with Crippen LogP contribution in [0.4, 0.5) is 8.78 Å². The molecule has 0 saturated heterocycles. The zero-order valence-electron chi connectivity index (χ0n) is 12.8. The average molecular weight is 298 g/mol. The van der Waals surface area contributed by atoms with Crippen molar-refractivity contribution >= 4 is 5.91 Å². The molecule has 1 aromatic carbocycles. The molecule has 2 atom stereocenters. The molecular weight excluding hydrogens is 274 g/mol. The lowest BCUT2D eigenvalue weighted by molar-refractivity contribution is -0.122. The van der Waals surface area contributed by atoms with Gasteiger partial charge >= 0.3 is 0 Å². The number of carbonyl (C=O) groups is 1. The Labute approximate surface area is 124 Å². The molecule has 0 heterocycles. The van der Waals surface area contributed by atoms with E-state index in [0.29, 0.717) is 24.4 Å². The molecule has 2 unspecified atom stereocenters. The predicted molar refractivity (Wildman–Crippen MR) is 79.5 cm³/mol. The molecule has 0 aromatic heterocycles. The summed E-state index contributed by atoms with van der Waals surface area (Å²) in [6.45, 7) is 6.38. The second-order valence-corrected chi connectivity index (χ2v) is 5.90. The Morgan fingerprint density at radius 3 is 2.43 bits per heavy atom. The van der Waals surface area contributed by atoms with Gasteiger partial charge in [-0.15, -0.1) is 0 Å². The summed E-state index contributed by atoms with van der Waals surface area (Å²) < 4.78 is 26.1. The molecule has 3 N–H and O–H groups in total. The van der Waals surface area contributed by atoms with E-state index in [-0.39, 0.29) is 17.9 Å². The fraction of sp³-hybridized carbons (Fsp3) is 0.562. The second-order valence-electron chi connectivity index (χ2n) is 5.90. The Balaban J connectivity index is 2.58. The average Bonchev–Trinajstić information content (AvgIpc) is 2.40. The first kappa shape index (κ1) is 17.6. The van der Waals surface area contributed by atoms with Crippen molar-refractivity contribution in [3.63, 3.8) is 0 Å². The number of hydrogen-bond donors (Lipinski definition) is 2. The first-order chi connectivity index (χ1) is 9.83. The molecule has 1 rings (SSSR count). The molecule has 3 nitrogen and oxygen atoms in total. The highest BCUT2D eigenvalue weighted by molar-refractivity contribution is 5.76. The highest BCUT2D eigenvalue weighted by Gasteiger charge is 2.17. The minimum Gasteiger partial charge on any atom is -0.350 e. The number of amides is 1. The zero-order chi connectivity index (χ0) is 16.0. The number of nitrogens with one attached hydrogen (secondary N) is 1. The number of halogens is 2. The van der Waals surface area contributed by atoms with Crippen LogP contribution in [0.2, 0.25) is 0 Å². The van der Waals surface area contributed by atoms with Gasteiger partial charge in [0.25, 0.3) is 0 Å². The third-order valence-electron chi connectivity index (χ3n) is 3.43. The van der Waals surface area contributed by atoms with Gasteiger partial charge in [0.1, 0.15) is 0 Å². The van der Waals surface area contributed by atoms with Crippen molar-refractivity contribution in [1.29, 1.82) is 0 Å². The summed E-state index contributed by atoms with van der Waals surface area (Å²) in [5.41, 5.74) is 6.21. The predicted octanol–water partition coefficient (Wildman–Crippen LogP) is 3.15. The van der Waals surface area contributed by atoms with Crippen molar-refractivity contribution < 1.29 is 13.6 Å². The third-order valence-corrected chi connectivity index (χ3v) is 3.43.